The molecule has 2 rings (SSSR count). The maximum absolute atomic E-state index is 11.7. The lowest BCUT2D eigenvalue weighted by Crippen LogP contribution is -2.24. The molecule has 0 aliphatic carbocycles. The van der Waals surface area contributed by atoms with Gasteiger partial charge in [0.25, 0.3) is 0 Å². The van der Waals surface area contributed by atoms with Crippen molar-refractivity contribution in [3.8, 4) is 5.75 Å². The van der Waals surface area contributed by atoms with Crippen molar-refractivity contribution in [3.63, 3.8) is 0 Å². The minimum atomic E-state index is -0.390. The lowest BCUT2D eigenvalue weighted by atomic mass is 10.1. The number of carbonyl (C=O) groups is 1. The lowest BCUT2D eigenvalue weighted by molar-refractivity contribution is 0.0589. The van der Waals surface area contributed by atoms with Gasteiger partial charge in [-0.25, -0.2) is 9.78 Å². The first kappa shape index (κ1) is 13.2. The molecule has 0 fully saturated rings. The number of nitrogens with zero attached hydrogens (tertiary/aromatic N) is 1. The molecule has 2 heterocycles. The third kappa shape index (κ3) is 2.46. The number of esters is 1. The molecule has 1 aromatic rings. The fraction of sp³-hybridized carbons (Fsp3) is 0.538. The summed E-state index contributed by atoms with van der Waals surface area (Å²) in [6.45, 7) is 6.06. The number of carbonyl (C=O) groups excluding carboxylic acids is 1. The van der Waals surface area contributed by atoms with Gasteiger partial charge in [-0.05, 0) is 25.7 Å². The van der Waals surface area contributed by atoms with Crippen molar-refractivity contribution in [2.75, 3.05) is 12.9 Å². The smallest absolute Gasteiger partial charge is 0.357 e. The fourth-order valence-corrected chi connectivity index (χ4v) is 2.74. The van der Waals surface area contributed by atoms with Crippen LogP contribution in [-0.2, 0) is 11.2 Å². The van der Waals surface area contributed by atoms with Crippen LogP contribution in [0.4, 0.5) is 0 Å². The first-order valence-corrected chi connectivity index (χ1v) is 6.89. The second-order valence-electron chi connectivity index (χ2n) is 4.74. The molecule has 1 aliphatic rings. The van der Waals surface area contributed by atoms with E-state index in [4.69, 9.17) is 9.47 Å². The summed E-state index contributed by atoms with van der Waals surface area (Å²) in [7, 11) is 1.37. The van der Waals surface area contributed by atoms with Crippen molar-refractivity contribution in [2.24, 2.45) is 0 Å². The van der Waals surface area contributed by atoms with E-state index in [2.05, 4.69) is 4.98 Å². The molecule has 1 aromatic heterocycles. The molecule has 1 aliphatic heterocycles. The van der Waals surface area contributed by atoms with Gasteiger partial charge >= 0.3 is 5.97 Å². The van der Waals surface area contributed by atoms with Gasteiger partial charge in [0, 0.05) is 11.3 Å². The van der Waals surface area contributed by atoms with E-state index in [1.807, 2.05) is 26.8 Å². The van der Waals surface area contributed by atoms with Crippen LogP contribution in [0.25, 0.3) is 0 Å². The summed E-state index contributed by atoms with van der Waals surface area (Å²) in [5.41, 5.74) is 0.975. The van der Waals surface area contributed by atoms with Crippen LogP contribution in [0.15, 0.2) is 11.0 Å². The monoisotopic (exact) mass is 267 g/mol. The maximum Gasteiger partial charge on any atom is 0.357 e. The van der Waals surface area contributed by atoms with Crippen molar-refractivity contribution < 1.29 is 14.3 Å². The highest BCUT2D eigenvalue weighted by Crippen LogP contribution is 2.37. The highest BCUT2D eigenvalue weighted by molar-refractivity contribution is 7.99. The first-order valence-electron chi connectivity index (χ1n) is 5.91. The van der Waals surface area contributed by atoms with Gasteiger partial charge in [0.05, 0.1) is 12.8 Å². The Labute approximate surface area is 111 Å². The van der Waals surface area contributed by atoms with Crippen molar-refractivity contribution in [2.45, 2.75) is 37.7 Å². The Balaban J connectivity index is 2.45. The van der Waals surface area contributed by atoms with E-state index >= 15 is 0 Å². The second kappa shape index (κ2) is 4.80. The zero-order chi connectivity index (χ0) is 13.3. The number of pyridine rings is 1. The number of ether oxygens (including phenoxy) is 2. The summed E-state index contributed by atoms with van der Waals surface area (Å²) in [5.74, 6) is 1.26. The molecule has 0 radical (unpaired) electrons. The van der Waals surface area contributed by atoms with Crippen molar-refractivity contribution >= 4 is 17.7 Å². The molecule has 18 heavy (non-hydrogen) atoms. The van der Waals surface area contributed by atoms with Gasteiger partial charge in [-0.15, -0.1) is 11.8 Å². The molecule has 0 N–H and O–H groups in total. The Kier molecular flexibility index (Phi) is 3.52. The van der Waals surface area contributed by atoms with Gasteiger partial charge in [0.2, 0.25) is 0 Å². The molecule has 4 nitrogen and oxygen atoms in total. The number of methoxy groups -OCH3 is 1. The van der Waals surface area contributed by atoms with E-state index in [9.17, 15) is 4.79 Å². The van der Waals surface area contributed by atoms with Crippen molar-refractivity contribution in [1.29, 1.82) is 0 Å². The van der Waals surface area contributed by atoms with E-state index in [0.29, 0.717) is 12.1 Å². The van der Waals surface area contributed by atoms with Crippen molar-refractivity contribution in [3.05, 3.63) is 17.5 Å². The van der Waals surface area contributed by atoms with Crippen LogP contribution in [0.2, 0.25) is 0 Å². The van der Waals surface area contributed by atoms with Gasteiger partial charge in [0.15, 0.2) is 5.69 Å². The van der Waals surface area contributed by atoms with Crippen LogP contribution in [0.3, 0.4) is 0 Å². The average Bonchev–Trinajstić information content (AvgIpc) is 2.60. The molecular formula is C13H17NO3S. The van der Waals surface area contributed by atoms with Gasteiger partial charge in [-0.2, -0.15) is 0 Å². The third-order valence-electron chi connectivity index (χ3n) is 2.68. The number of fused-ring (bicyclic) bond motifs is 1. The van der Waals surface area contributed by atoms with Gasteiger partial charge in [-0.1, -0.05) is 6.92 Å². The number of aromatic nitrogens is 1. The van der Waals surface area contributed by atoms with Gasteiger partial charge in [-0.3, -0.25) is 0 Å². The Morgan fingerprint density at radius 2 is 2.33 bits per heavy atom. The van der Waals surface area contributed by atoms with Crippen LogP contribution < -0.4 is 4.74 Å². The summed E-state index contributed by atoms with van der Waals surface area (Å²) in [6, 6.07) is 1.90. The van der Waals surface area contributed by atoms with Crippen LogP contribution in [0, 0.1) is 0 Å². The van der Waals surface area contributed by atoms with Crippen LogP contribution in [0.1, 0.15) is 37.0 Å². The van der Waals surface area contributed by atoms with Gasteiger partial charge < -0.3 is 9.47 Å². The number of hydrogen-bond donors (Lipinski definition) is 0. The first-order chi connectivity index (χ1) is 8.46. The van der Waals surface area contributed by atoms with E-state index in [1.165, 1.54) is 7.11 Å². The van der Waals surface area contributed by atoms with Crippen molar-refractivity contribution in [1.82, 2.24) is 4.98 Å². The second-order valence-corrected chi connectivity index (χ2v) is 6.05. The quantitative estimate of drug-likeness (QED) is 0.622. The summed E-state index contributed by atoms with van der Waals surface area (Å²) in [4.78, 5) is 17.0. The molecule has 0 aromatic carbocycles. The average molecular weight is 267 g/mol. The van der Waals surface area contributed by atoms with E-state index in [-0.39, 0.29) is 5.60 Å². The zero-order valence-electron chi connectivity index (χ0n) is 11.1. The predicted molar refractivity (Wildman–Crippen MR) is 70.4 cm³/mol. The SMILES string of the molecule is CCSc1cc2c(nc1C(=O)OC)CC(C)(C)O2. The van der Waals surface area contributed by atoms with E-state index in [0.717, 1.165) is 22.1 Å². The summed E-state index contributed by atoms with van der Waals surface area (Å²) >= 11 is 1.57. The summed E-state index contributed by atoms with van der Waals surface area (Å²) < 4.78 is 10.6. The molecule has 0 unspecified atom stereocenters. The largest absolute Gasteiger partial charge is 0.485 e. The summed E-state index contributed by atoms with van der Waals surface area (Å²) in [5, 5.41) is 0. The molecule has 0 amide bonds. The van der Waals surface area contributed by atoms with Crippen LogP contribution >= 0.6 is 11.8 Å². The Morgan fingerprint density at radius 3 is 2.94 bits per heavy atom. The maximum atomic E-state index is 11.7. The molecule has 0 atom stereocenters. The molecule has 0 saturated carbocycles. The number of hydrogen-bond acceptors (Lipinski definition) is 5. The Morgan fingerprint density at radius 1 is 1.61 bits per heavy atom. The number of rotatable bonds is 3. The van der Waals surface area contributed by atoms with Gasteiger partial charge in [0.1, 0.15) is 11.4 Å². The lowest BCUT2D eigenvalue weighted by Gasteiger charge is -2.16. The highest BCUT2D eigenvalue weighted by atomic mass is 32.2. The molecule has 0 saturated heterocycles. The molecule has 98 valence electrons. The minimum absolute atomic E-state index is 0.252. The molecule has 0 spiro atoms. The topological polar surface area (TPSA) is 48.4 Å². The van der Waals surface area contributed by atoms with E-state index < -0.39 is 5.97 Å². The normalized spacial score (nSPS) is 16.0. The number of thioether (sulfide) groups is 1. The zero-order valence-corrected chi connectivity index (χ0v) is 11.9. The Bertz CT molecular complexity index is 485. The molecule has 0 bridgehead atoms. The Hall–Kier alpha value is -1.23. The van der Waals surface area contributed by atoms with Crippen LogP contribution in [0.5, 0.6) is 5.75 Å². The summed E-state index contributed by atoms with van der Waals surface area (Å²) in [6.07, 6.45) is 0.712. The molecule has 5 heteroatoms. The van der Waals surface area contributed by atoms with E-state index in [1.54, 1.807) is 11.8 Å². The minimum Gasteiger partial charge on any atom is -0.485 e. The predicted octanol–water partition coefficient (Wildman–Crippen LogP) is 2.69. The van der Waals surface area contributed by atoms with Crippen LogP contribution in [-0.4, -0.2) is 29.4 Å². The fourth-order valence-electron chi connectivity index (χ4n) is 1.98. The molecular weight excluding hydrogens is 250 g/mol. The highest BCUT2D eigenvalue weighted by Gasteiger charge is 2.33. The standard InChI is InChI=1S/C13H17NO3S/c1-5-18-10-6-9-8(7-13(2,3)17-9)14-11(10)12(15)16-4/h6H,5,7H2,1-4H3. The third-order valence-corrected chi connectivity index (χ3v) is 3.60.